The number of anilines is 1. The highest BCUT2D eigenvalue weighted by Crippen LogP contribution is 2.26. The Labute approximate surface area is 161 Å². The van der Waals surface area contributed by atoms with Crippen LogP contribution < -0.4 is 10.6 Å². The van der Waals surface area contributed by atoms with Gasteiger partial charge in [-0.2, -0.15) is 0 Å². The molecule has 0 bridgehead atoms. The molecule has 0 fully saturated rings. The summed E-state index contributed by atoms with van der Waals surface area (Å²) in [5.74, 6) is 1.07. The lowest BCUT2D eigenvalue weighted by atomic mass is 10.1. The van der Waals surface area contributed by atoms with Crippen LogP contribution in [0.1, 0.15) is 30.2 Å². The van der Waals surface area contributed by atoms with Gasteiger partial charge in [0.05, 0.1) is 6.54 Å². The molecule has 2 amide bonds. The summed E-state index contributed by atoms with van der Waals surface area (Å²) in [6, 6.07) is 11.7. The molecule has 0 saturated carbocycles. The van der Waals surface area contributed by atoms with Crippen molar-refractivity contribution in [2.24, 2.45) is 0 Å². The number of hydrogen-bond acceptors (Lipinski definition) is 5. The van der Waals surface area contributed by atoms with Crippen molar-refractivity contribution in [2.75, 3.05) is 5.32 Å². The lowest BCUT2D eigenvalue weighted by Gasteiger charge is -2.03. The summed E-state index contributed by atoms with van der Waals surface area (Å²) in [5, 5.41) is 7.89. The Morgan fingerprint density at radius 2 is 2.07 bits per heavy atom. The molecule has 27 heavy (non-hydrogen) atoms. The highest BCUT2D eigenvalue weighted by molar-refractivity contribution is 7.14. The third-order valence-corrected chi connectivity index (χ3v) is 4.66. The molecule has 7 heteroatoms. The number of carbonyl (C=O) groups excluding carboxylic acids is 2. The van der Waals surface area contributed by atoms with E-state index < -0.39 is 0 Å². The molecule has 1 aromatic carbocycles. The van der Waals surface area contributed by atoms with E-state index in [1.54, 1.807) is 12.1 Å². The van der Waals surface area contributed by atoms with Crippen LogP contribution in [0.4, 0.5) is 5.13 Å². The number of nitrogens with zero attached hydrogens (tertiary/aromatic N) is 1. The molecule has 0 aliphatic rings. The van der Waals surface area contributed by atoms with Crippen LogP contribution in [-0.2, 0) is 22.6 Å². The Bertz CT molecular complexity index is 945. The standard InChI is InChI=1S/C20H21N3O3S/c1-13-4-3-5-15(10-13)6-9-19(25)23-20-22-17(12-27-20)18-8-7-16(26-18)11-21-14(2)24/h3-5,7-8,10,12H,6,9,11H2,1-2H3,(H,21,24)(H,22,23,25). The van der Waals surface area contributed by atoms with Gasteiger partial charge in [0.2, 0.25) is 11.8 Å². The summed E-state index contributed by atoms with van der Waals surface area (Å²) in [6.07, 6.45) is 1.09. The molecule has 0 unspecified atom stereocenters. The van der Waals surface area contributed by atoms with E-state index in [0.29, 0.717) is 41.7 Å². The van der Waals surface area contributed by atoms with Gasteiger partial charge in [-0.3, -0.25) is 9.59 Å². The summed E-state index contributed by atoms with van der Waals surface area (Å²) < 4.78 is 5.67. The molecule has 0 spiro atoms. The van der Waals surface area contributed by atoms with E-state index in [-0.39, 0.29) is 11.8 Å². The first-order valence-corrected chi connectivity index (χ1v) is 9.52. The van der Waals surface area contributed by atoms with E-state index in [1.807, 2.05) is 30.5 Å². The van der Waals surface area contributed by atoms with Crippen LogP contribution in [0.3, 0.4) is 0 Å². The normalized spacial score (nSPS) is 10.6. The van der Waals surface area contributed by atoms with Gasteiger partial charge in [0.15, 0.2) is 10.9 Å². The molecule has 0 aliphatic carbocycles. The van der Waals surface area contributed by atoms with Gasteiger partial charge in [-0.1, -0.05) is 29.8 Å². The number of thiazole rings is 1. The molecule has 0 radical (unpaired) electrons. The number of nitrogens with one attached hydrogen (secondary N) is 2. The van der Waals surface area contributed by atoms with E-state index in [4.69, 9.17) is 4.42 Å². The number of hydrogen-bond donors (Lipinski definition) is 2. The second-order valence-corrected chi connectivity index (χ2v) is 7.11. The first-order valence-electron chi connectivity index (χ1n) is 8.64. The van der Waals surface area contributed by atoms with E-state index in [1.165, 1.54) is 23.8 Å². The second kappa shape index (κ2) is 8.64. The number of benzene rings is 1. The van der Waals surface area contributed by atoms with Gasteiger partial charge in [-0.05, 0) is 31.0 Å². The number of aryl methyl sites for hydroxylation is 2. The van der Waals surface area contributed by atoms with Crippen LogP contribution in [0.15, 0.2) is 46.2 Å². The van der Waals surface area contributed by atoms with E-state index in [9.17, 15) is 9.59 Å². The van der Waals surface area contributed by atoms with Gasteiger partial charge in [0.25, 0.3) is 0 Å². The molecule has 0 aliphatic heterocycles. The Morgan fingerprint density at radius 3 is 2.85 bits per heavy atom. The van der Waals surface area contributed by atoms with Gasteiger partial charge in [-0.15, -0.1) is 11.3 Å². The molecule has 2 N–H and O–H groups in total. The SMILES string of the molecule is CC(=O)NCc1ccc(-c2csc(NC(=O)CCc3cccc(C)c3)n2)o1. The predicted molar refractivity (Wildman–Crippen MR) is 105 cm³/mol. The Kier molecular flexibility index (Phi) is 6.03. The maximum atomic E-state index is 12.2. The van der Waals surface area contributed by atoms with Crippen molar-refractivity contribution in [1.29, 1.82) is 0 Å². The van der Waals surface area contributed by atoms with Crippen molar-refractivity contribution in [1.82, 2.24) is 10.3 Å². The van der Waals surface area contributed by atoms with Crippen molar-refractivity contribution in [3.8, 4) is 11.5 Å². The fourth-order valence-electron chi connectivity index (χ4n) is 2.57. The average molecular weight is 383 g/mol. The molecular formula is C20H21N3O3S. The van der Waals surface area contributed by atoms with Gasteiger partial charge in [0.1, 0.15) is 11.5 Å². The minimum Gasteiger partial charge on any atom is -0.458 e. The van der Waals surface area contributed by atoms with Crippen LogP contribution >= 0.6 is 11.3 Å². The maximum absolute atomic E-state index is 12.2. The van der Waals surface area contributed by atoms with Crippen molar-refractivity contribution >= 4 is 28.3 Å². The van der Waals surface area contributed by atoms with Crippen LogP contribution in [0.5, 0.6) is 0 Å². The number of amides is 2. The number of carbonyl (C=O) groups is 2. The van der Waals surface area contributed by atoms with Gasteiger partial charge >= 0.3 is 0 Å². The van der Waals surface area contributed by atoms with Gasteiger partial charge < -0.3 is 15.1 Å². The lowest BCUT2D eigenvalue weighted by molar-refractivity contribution is -0.119. The van der Waals surface area contributed by atoms with E-state index in [0.717, 1.165) is 5.56 Å². The summed E-state index contributed by atoms with van der Waals surface area (Å²) in [7, 11) is 0. The summed E-state index contributed by atoms with van der Waals surface area (Å²) in [5.41, 5.74) is 2.99. The van der Waals surface area contributed by atoms with Crippen molar-refractivity contribution in [3.63, 3.8) is 0 Å². The third kappa shape index (κ3) is 5.52. The Morgan fingerprint density at radius 1 is 1.22 bits per heavy atom. The predicted octanol–water partition coefficient (Wildman–Crippen LogP) is 3.92. The minimum atomic E-state index is -0.114. The molecule has 0 saturated heterocycles. The highest BCUT2D eigenvalue weighted by Gasteiger charge is 2.11. The zero-order chi connectivity index (χ0) is 19.2. The zero-order valence-electron chi connectivity index (χ0n) is 15.2. The monoisotopic (exact) mass is 383 g/mol. The summed E-state index contributed by atoms with van der Waals surface area (Å²) in [6.45, 7) is 3.83. The average Bonchev–Trinajstić information content (AvgIpc) is 3.27. The fourth-order valence-corrected chi connectivity index (χ4v) is 3.29. The van der Waals surface area contributed by atoms with Crippen molar-refractivity contribution in [2.45, 2.75) is 33.2 Å². The zero-order valence-corrected chi connectivity index (χ0v) is 16.1. The number of furan rings is 1. The molecular weight excluding hydrogens is 362 g/mol. The van der Waals surface area contributed by atoms with Crippen LogP contribution in [0.25, 0.3) is 11.5 Å². The highest BCUT2D eigenvalue weighted by atomic mass is 32.1. The van der Waals surface area contributed by atoms with E-state index in [2.05, 4.69) is 21.7 Å². The Balaban J connectivity index is 1.54. The first kappa shape index (κ1) is 18.8. The molecule has 0 atom stereocenters. The van der Waals surface area contributed by atoms with E-state index >= 15 is 0 Å². The largest absolute Gasteiger partial charge is 0.458 e. The third-order valence-electron chi connectivity index (χ3n) is 3.90. The maximum Gasteiger partial charge on any atom is 0.226 e. The molecule has 2 heterocycles. The lowest BCUT2D eigenvalue weighted by Crippen LogP contribution is -2.18. The second-order valence-electron chi connectivity index (χ2n) is 6.25. The molecule has 140 valence electrons. The van der Waals surface area contributed by atoms with Crippen LogP contribution in [0, 0.1) is 6.92 Å². The molecule has 3 rings (SSSR count). The number of rotatable bonds is 7. The van der Waals surface area contributed by atoms with Crippen LogP contribution in [0.2, 0.25) is 0 Å². The number of aromatic nitrogens is 1. The fraction of sp³-hybridized carbons (Fsp3) is 0.250. The molecule has 3 aromatic rings. The van der Waals surface area contributed by atoms with Crippen molar-refractivity contribution in [3.05, 3.63) is 58.7 Å². The molecule has 2 aromatic heterocycles. The van der Waals surface area contributed by atoms with Gasteiger partial charge in [0, 0.05) is 18.7 Å². The Hall–Kier alpha value is -2.93. The summed E-state index contributed by atoms with van der Waals surface area (Å²) >= 11 is 1.35. The quantitative estimate of drug-likeness (QED) is 0.648. The first-order chi connectivity index (χ1) is 13.0. The smallest absolute Gasteiger partial charge is 0.226 e. The minimum absolute atomic E-state index is 0.0665. The van der Waals surface area contributed by atoms with Crippen LogP contribution in [-0.4, -0.2) is 16.8 Å². The topological polar surface area (TPSA) is 84.2 Å². The molecule has 6 nitrogen and oxygen atoms in total. The van der Waals surface area contributed by atoms with Gasteiger partial charge in [-0.25, -0.2) is 4.98 Å². The summed E-state index contributed by atoms with van der Waals surface area (Å²) in [4.78, 5) is 27.5. The van der Waals surface area contributed by atoms with Crippen molar-refractivity contribution < 1.29 is 14.0 Å².